The van der Waals surface area contributed by atoms with Crippen LogP contribution in [-0.4, -0.2) is 41.8 Å². The number of fused-ring (bicyclic) bond motifs is 1. The molecule has 174 valence electrons. The lowest BCUT2D eigenvalue weighted by Gasteiger charge is -2.15. The molecule has 0 atom stereocenters. The summed E-state index contributed by atoms with van der Waals surface area (Å²) in [5.41, 5.74) is 4.16. The van der Waals surface area contributed by atoms with E-state index >= 15 is 0 Å². The van der Waals surface area contributed by atoms with Gasteiger partial charge in [0.1, 0.15) is 11.6 Å². The molecule has 1 amide bonds. The van der Waals surface area contributed by atoms with Gasteiger partial charge in [-0.1, -0.05) is 12.1 Å². The quantitative estimate of drug-likeness (QED) is 0.367. The second-order valence-corrected chi connectivity index (χ2v) is 7.42. The number of aromatic nitrogens is 3. The van der Waals surface area contributed by atoms with Gasteiger partial charge in [-0.2, -0.15) is 14.9 Å². The monoisotopic (exact) mass is 460 g/mol. The molecule has 0 saturated carbocycles. The summed E-state index contributed by atoms with van der Waals surface area (Å²) in [6.07, 6.45) is 1.51. The summed E-state index contributed by atoms with van der Waals surface area (Å²) in [6, 6.07) is 13.4. The van der Waals surface area contributed by atoms with Crippen LogP contribution in [0.15, 0.2) is 42.6 Å². The number of carbonyl (C=O) groups excluding carboxylic acids is 1. The summed E-state index contributed by atoms with van der Waals surface area (Å²) in [6.45, 7) is 1.93. The van der Waals surface area contributed by atoms with Crippen molar-refractivity contribution < 1.29 is 19.0 Å². The van der Waals surface area contributed by atoms with E-state index in [0.717, 1.165) is 16.8 Å². The topological polar surface area (TPSA) is 126 Å². The number of anilines is 2. The van der Waals surface area contributed by atoms with Crippen molar-refractivity contribution in [3.8, 4) is 34.6 Å². The first kappa shape index (κ1) is 22.5. The molecule has 0 fully saturated rings. The predicted octanol–water partition coefficient (Wildman–Crippen LogP) is 3.61. The number of aromatic amines is 1. The summed E-state index contributed by atoms with van der Waals surface area (Å²) in [5, 5.41) is 20.1. The lowest BCUT2D eigenvalue weighted by molar-refractivity contribution is -0.119. The van der Waals surface area contributed by atoms with E-state index < -0.39 is 0 Å². The average molecular weight is 460 g/mol. The first-order chi connectivity index (χ1) is 16.5. The van der Waals surface area contributed by atoms with Crippen molar-refractivity contribution in [3.63, 3.8) is 0 Å². The number of amides is 1. The van der Waals surface area contributed by atoms with E-state index in [0.29, 0.717) is 46.5 Å². The number of hydrogen-bond acceptors (Lipinski definition) is 7. The molecule has 4 aromatic rings. The Labute approximate surface area is 196 Å². The highest BCUT2D eigenvalue weighted by Gasteiger charge is 2.21. The number of H-pyrrole nitrogens is 1. The minimum absolute atomic E-state index is 0.0844. The molecule has 4 rings (SSSR count). The molecule has 2 aromatic heterocycles. The van der Waals surface area contributed by atoms with Crippen LogP contribution < -0.4 is 24.8 Å². The number of ether oxygens (including phenoxy) is 3. The molecule has 34 heavy (non-hydrogen) atoms. The molecule has 0 spiro atoms. The van der Waals surface area contributed by atoms with E-state index in [2.05, 4.69) is 26.8 Å². The minimum atomic E-state index is -0.0844. The molecular formula is C24H24N6O4. The molecule has 0 radical (unpaired) electrons. The predicted molar refractivity (Wildman–Crippen MR) is 127 cm³/mol. The largest absolute Gasteiger partial charge is 0.493 e. The number of carbonyl (C=O) groups is 1. The van der Waals surface area contributed by atoms with E-state index in [1.165, 1.54) is 13.1 Å². The maximum absolute atomic E-state index is 11.2. The Bertz CT molecular complexity index is 1360. The molecule has 10 heteroatoms. The van der Waals surface area contributed by atoms with Crippen LogP contribution in [0.2, 0.25) is 0 Å². The molecule has 0 aliphatic carbocycles. The number of imidazole rings is 1. The Morgan fingerprint density at radius 1 is 1.12 bits per heavy atom. The fraction of sp³-hybridized carbons (Fsp3) is 0.208. The Morgan fingerprint density at radius 2 is 1.79 bits per heavy atom. The Balaban J connectivity index is 1.79. The third-order valence-electron chi connectivity index (χ3n) is 5.29. The van der Waals surface area contributed by atoms with Crippen LogP contribution in [0.25, 0.3) is 16.9 Å². The molecule has 2 aromatic carbocycles. The minimum Gasteiger partial charge on any atom is -0.493 e. The molecule has 0 aliphatic heterocycles. The summed E-state index contributed by atoms with van der Waals surface area (Å²) in [4.78, 5) is 14.5. The lowest BCUT2D eigenvalue weighted by atomic mass is 10.1. The fourth-order valence-electron chi connectivity index (χ4n) is 3.62. The number of benzene rings is 2. The number of methoxy groups -OCH3 is 3. The first-order valence-corrected chi connectivity index (χ1v) is 10.4. The van der Waals surface area contributed by atoms with Crippen LogP contribution in [0.3, 0.4) is 0 Å². The van der Waals surface area contributed by atoms with Gasteiger partial charge >= 0.3 is 0 Å². The zero-order valence-corrected chi connectivity index (χ0v) is 19.2. The number of nitriles is 1. The van der Waals surface area contributed by atoms with Gasteiger partial charge in [-0.15, -0.1) is 0 Å². The number of hydrogen-bond donors (Lipinski definition) is 3. The number of nitrogens with one attached hydrogen (secondary N) is 3. The van der Waals surface area contributed by atoms with Crippen LogP contribution >= 0.6 is 0 Å². The highest BCUT2D eigenvalue weighted by Crippen LogP contribution is 2.43. The van der Waals surface area contributed by atoms with Crippen molar-refractivity contribution in [2.75, 3.05) is 26.6 Å². The van der Waals surface area contributed by atoms with Gasteiger partial charge in [-0.25, -0.2) is 0 Å². The first-order valence-electron chi connectivity index (χ1n) is 10.4. The SMILES string of the molecule is COc1cc(-c2[nH]c3c(C#N)cnn3c2Nc2ccc(CNC(C)=O)cc2)cc(OC)c1OC. The summed E-state index contributed by atoms with van der Waals surface area (Å²) in [7, 11) is 4.65. The van der Waals surface area contributed by atoms with Gasteiger partial charge < -0.3 is 29.8 Å². The molecular weight excluding hydrogens is 436 g/mol. The Morgan fingerprint density at radius 3 is 2.35 bits per heavy atom. The van der Waals surface area contributed by atoms with Crippen LogP contribution in [0, 0.1) is 11.3 Å². The highest BCUT2D eigenvalue weighted by atomic mass is 16.5. The van der Waals surface area contributed by atoms with Gasteiger partial charge in [0.05, 0.1) is 33.2 Å². The average Bonchev–Trinajstić information content (AvgIpc) is 3.42. The summed E-state index contributed by atoms with van der Waals surface area (Å²) >= 11 is 0. The Kier molecular flexibility index (Phi) is 6.27. The second kappa shape index (κ2) is 9.46. The normalized spacial score (nSPS) is 10.6. The van der Waals surface area contributed by atoms with E-state index in [-0.39, 0.29) is 5.91 Å². The molecule has 0 bridgehead atoms. The standard InChI is InChI=1S/C24H24N6O4/c1-14(31)26-12-15-5-7-18(8-6-15)28-24-21(29-23-17(11-25)13-27-30(23)24)16-9-19(32-2)22(34-4)20(10-16)33-3/h5-10,13,28-29H,12H2,1-4H3,(H,26,31). The fourth-order valence-corrected chi connectivity index (χ4v) is 3.62. The van der Waals surface area contributed by atoms with Gasteiger partial charge in [0.2, 0.25) is 11.7 Å². The van der Waals surface area contributed by atoms with Crippen LogP contribution in [0.4, 0.5) is 11.5 Å². The van der Waals surface area contributed by atoms with Gasteiger partial charge in [-0.3, -0.25) is 4.79 Å². The highest BCUT2D eigenvalue weighted by molar-refractivity contribution is 5.83. The van der Waals surface area contributed by atoms with Crippen LogP contribution in [-0.2, 0) is 11.3 Å². The maximum Gasteiger partial charge on any atom is 0.217 e. The van der Waals surface area contributed by atoms with Gasteiger partial charge in [0.25, 0.3) is 0 Å². The summed E-state index contributed by atoms with van der Waals surface area (Å²) in [5.74, 6) is 2.02. The van der Waals surface area contributed by atoms with Crippen molar-refractivity contribution >= 4 is 23.1 Å². The second-order valence-electron chi connectivity index (χ2n) is 7.42. The summed E-state index contributed by atoms with van der Waals surface area (Å²) < 4.78 is 18.1. The van der Waals surface area contributed by atoms with Gasteiger partial charge in [0, 0.05) is 24.7 Å². The van der Waals surface area contributed by atoms with Crippen LogP contribution in [0.1, 0.15) is 18.1 Å². The van der Waals surface area contributed by atoms with E-state index in [1.807, 2.05) is 36.4 Å². The Hall–Kier alpha value is -4.65. The number of nitrogens with zero attached hydrogens (tertiary/aromatic N) is 3. The van der Waals surface area contributed by atoms with E-state index in [1.54, 1.807) is 25.8 Å². The van der Waals surface area contributed by atoms with Gasteiger partial charge in [-0.05, 0) is 29.8 Å². The molecule has 0 aliphatic rings. The van der Waals surface area contributed by atoms with Crippen molar-refractivity contribution in [1.82, 2.24) is 19.9 Å². The molecule has 0 saturated heterocycles. The molecule has 0 unspecified atom stereocenters. The number of rotatable bonds is 8. The molecule has 2 heterocycles. The van der Waals surface area contributed by atoms with E-state index in [4.69, 9.17) is 14.2 Å². The van der Waals surface area contributed by atoms with Crippen molar-refractivity contribution in [3.05, 3.63) is 53.7 Å². The van der Waals surface area contributed by atoms with Crippen molar-refractivity contribution in [1.29, 1.82) is 5.26 Å². The zero-order chi connectivity index (χ0) is 24.2. The smallest absolute Gasteiger partial charge is 0.217 e. The van der Waals surface area contributed by atoms with Crippen LogP contribution in [0.5, 0.6) is 17.2 Å². The molecule has 10 nitrogen and oxygen atoms in total. The molecule has 3 N–H and O–H groups in total. The van der Waals surface area contributed by atoms with Crippen molar-refractivity contribution in [2.24, 2.45) is 0 Å². The van der Waals surface area contributed by atoms with E-state index in [9.17, 15) is 10.1 Å². The third-order valence-corrected chi connectivity index (χ3v) is 5.29. The maximum atomic E-state index is 11.2. The van der Waals surface area contributed by atoms with Gasteiger partial charge in [0.15, 0.2) is 23.0 Å². The van der Waals surface area contributed by atoms with Crippen molar-refractivity contribution in [2.45, 2.75) is 13.5 Å². The lowest BCUT2D eigenvalue weighted by Crippen LogP contribution is -2.18. The third kappa shape index (κ3) is 4.19. The zero-order valence-electron chi connectivity index (χ0n) is 19.2.